The van der Waals surface area contributed by atoms with Crippen LogP contribution >= 0.6 is 0 Å². The lowest BCUT2D eigenvalue weighted by molar-refractivity contribution is 0.0697. The number of benzene rings is 1. The van der Waals surface area contributed by atoms with Crippen LogP contribution in [0.5, 0.6) is 5.75 Å². The number of carboxylic acids is 1. The minimum Gasteiger partial charge on any atom is -0.492 e. The fraction of sp³-hybridized carbons (Fsp3) is 0.364. The van der Waals surface area contributed by atoms with Crippen molar-refractivity contribution in [2.45, 2.75) is 19.3 Å². The van der Waals surface area contributed by atoms with E-state index < -0.39 is 5.97 Å². The predicted molar refractivity (Wildman–Crippen MR) is 51.9 cm³/mol. The summed E-state index contributed by atoms with van der Waals surface area (Å²) in [5.74, 6) is -0.0875. The van der Waals surface area contributed by atoms with Crippen LogP contribution in [0.1, 0.15) is 29.8 Å². The minimum atomic E-state index is -0.893. The van der Waals surface area contributed by atoms with Crippen LogP contribution in [0.4, 0.5) is 0 Å². The molecule has 0 aliphatic carbocycles. The van der Waals surface area contributed by atoms with E-state index in [1.807, 2.05) is 13.8 Å². The maximum atomic E-state index is 10.8. The van der Waals surface area contributed by atoms with Gasteiger partial charge in [-0.1, -0.05) is 13.8 Å². The first-order valence-electron chi connectivity index (χ1n) is 4.51. The molecule has 74 valence electrons. The summed E-state index contributed by atoms with van der Waals surface area (Å²) < 4.78 is 5.46. The first kappa shape index (κ1) is 9.06. The number of carbonyl (C=O) groups is 1. The molecule has 0 spiro atoms. The number of hydrogen-bond acceptors (Lipinski definition) is 2. The molecule has 0 saturated carbocycles. The fourth-order valence-electron chi connectivity index (χ4n) is 1.65. The van der Waals surface area contributed by atoms with Gasteiger partial charge in [-0.05, 0) is 18.2 Å². The maximum absolute atomic E-state index is 10.8. The largest absolute Gasteiger partial charge is 0.492 e. The van der Waals surface area contributed by atoms with Crippen LogP contribution in [0, 0.1) is 0 Å². The lowest BCUT2D eigenvalue weighted by Gasteiger charge is -2.15. The zero-order chi connectivity index (χ0) is 10.3. The third-order valence-corrected chi connectivity index (χ3v) is 2.54. The zero-order valence-electron chi connectivity index (χ0n) is 8.20. The van der Waals surface area contributed by atoms with Crippen molar-refractivity contribution in [2.24, 2.45) is 0 Å². The zero-order valence-corrected chi connectivity index (χ0v) is 8.20. The van der Waals surface area contributed by atoms with Gasteiger partial charge in [-0.2, -0.15) is 0 Å². The van der Waals surface area contributed by atoms with Crippen LogP contribution < -0.4 is 4.74 Å². The Morgan fingerprint density at radius 1 is 1.50 bits per heavy atom. The number of hydrogen-bond donors (Lipinski definition) is 1. The third-order valence-electron chi connectivity index (χ3n) is 2.54. The molecule has 1 aliphatic heterocycles. The van der Waals surface area contributed by atoms with Crippen molar-refractivity contribution < 1.29 is 14.6 Å². The summed E-state index contributed by atoms with van der Waals surface area (Å²) in [6.45, 7) is 4.71. The lowest BCUT2D eigenvalue weighted by atomic mass is 9.86. The average molecular weight is 192 g/mol. The molecule has 1 heterocycles. The van der Waals surface area contributed by atoms with Gasteiger partial charge in [0.2, 0.25) is 0 Å². The standard InChI is InChI=1S/C11H12O3/c1-11(2)6-14-9-4-3-7(10(12)13)5-8(9)11/h3-5H,6H2,1-2H3,(H,12,13). The van der Waals surface area contributed by atoms with Gasteiger partial charge in [0.15, 0.2) is 0 Å². The molecule has 0 amide bonds. The van der Waals surface area contributed by atoms with E-state index in [-0.39, 0.29) is 5.41 Å². The maximum Gasteiger partial charge on any atom is 0.335 e. The smallest absolute Gasteiger partial charge is 0.335 e. The van der Waals surface area contributed by atoms with Crippen molar-refractivity contribution in [3.8, 4) is 5.75 Å². The van der Waals surface area contributed by atoms with Gasteiger partial charge in [-0.25, -0.2) is 4.79 Å². The van der Waals surface area contributed by atoms with Crippen LogP contribution in [0.3, 0.4) is 0 Å². The van der Waals surface area contributed by atoms with Crippen molar-refractivity contribution in [3.63, 3.8) is 0 Å². The first-order chi connectivity index (χ1) is 6.50. The van der Waals surface area contributed by atoms with E-state index in [4.69, 9.17) is 9.84 Å². The average Bonchev–Trinajstić information content (AvgIpc) is 2.42. The second-order valence-electron chi connectivity index (χ2n) is 4.19. The molecule has 0 aromatic heterocycles. The van der Waals surface area contributed by atoms with Gasteiger partial charge in [0.05, 0.1) is 12.2 Å². The summed E-state index contributed by atoms with van der Waals surface area (Å²) in [6, 6.07) is 5.00. The second kappa shape index (κ2) is 2.74. The topological polar surface area (TPSA) is 46.5 Å². The van der Waals surface area contributed by atoms with Crippen LogP contribution in [-0.4, -0.2) is 17.7 Å². The Morgan fingerprint density at radius 3 is 2.86 bits per heavy atom. The van der Waals surface area contributed by atoms with E-state index in [0.29, 0.717) is 12.2 Å². The molecular weight excluding hydrogens is 180 g/mol. The van der Waals surface area contributed by atoms with Crippen molar-refractivity contribution in [1.29, 1.82) is 0 Å². The number of ether oxygens (including phenoxy) is 1. The van der Waals surface area contributed by atoms with Gasteiger partial charge >= 0.3 is 5.97 Å². The highest BCUT2D eigenvalue weighted by Crippen LogP contribution is 2.38. The van der Waals surface area contributed by atoms with E-state index >= 15 is 0 Å². The molecule has 0 saturated heterocycles. The normalized spacial score (nSPS) is 17.3. The molecule has 1 N–H and O–H groups in total. The van der Waals surface area contributed by atoms with Crippen LogP contribution in [0.15, 0.2) is 18.2 Å². The van der Waals surface area contributed by atoms with Gasteiger partial charge < -0.3 is 9.84 Å². The van der Waals surface area contributed by atoms with E-state index in [1.54, 1.807) is 18.2 Å². The van der Waals surface area contributed by atoms with E-state index in [9.17, 15) is 4.79 Å². The molecule has 1 aromatic rings. The molecule has 2 rings (SSSR count). The van der Waals surface area contributed by atoms with E-state index in [0.717, 1.165) is 11.3 Å². The summed E-state index contributed by atoms with van der Waals surface area (Å²) >= 11 is 0. The third kappa shape index (κ3) is 1.25. The van der Waals surface area contributed by atoms with Gasteiger partial charge in [-0.15, -0.1) is 0 Å². The van der Waals surface area contributed by atoms with Crippen LogP contribution in [0.25, 0.3) is 0 Å². The Kier molecular flexibility index (Phi) is 1.77. The summed E-state index contributed by atoms with van der Waals surface area (Å²) in [6.07, 6.45) is 0. The van der Waals surface area contributed by atoms with Crippen molar-refractivity contribution in [2.75, 3.05) is 6.61 Å². The van der Waals surface area contributed by atoms with Gasteiger partial charge in [-0.3, -0.25) is 0 Å². The van der Waals surface area contributed by atoms with E-state index in [2.05, 4.69) is 0 Å². The predicted octanol–water partition coefficient (Wildman–Crippen LogP) is 2.05. The van der Waals surface area contributed by atoms with Crippen LogP contribution in [0.2, 0.25) is 0 Å². The molecule has 3 heteroatoms. The number of rotatable bonds is 1. The Balaban J connectivity index is 2.53. The number of fused-ring (bicyclic) bond motifs is 1. The summed E-state index contributed by atoms with van der Waals surface area (Å²) in [7, 11) is 0. The summed E-state index contributed by atoms with van der Waals surface area (Å²) in [5, 5.41) is 8.85. The molecule has 1 aliphatic rings. The monoisotopic (exact) mass is 192 g/mol. The number of carboxylic acid groups (broad SMARTS) is 1. The number of aromatic carboxylic acids is 1. The van der Waals surface area contributed by atoms with E-state index in [1.165, 1.54) is 0 Å². The lowest BCUT2D eigenvalue weighted by Crippen LogP contribution is -2.18. The highest BCUT2D eigenvalue weighted by atomic mass is 16.5. The van der Waals surface area contributed by atoms with Gasteiger partial charge in [0, 0.05) is 11.0 Å². The van der Waals surface area contributed by atoms with Gasteiger partial charge in [0.25, 0.3) is 0 Å². The highest BCUT2D eigenvalue weighted by molar-refractivity contribution is 5.88. The molecular formula is C11H12O3. The Hall–Kier alpha value is -1.51. The van der Waals surface area contributed by atoms with Gasteiger partial charge in [0.1, 0.15) is 5.75 Å². The second-order valence-corrected chi connectivity index (χ2v) is 4.19. The van der Waals surface area contributed by atoms with Crippen molar-refractivity contribution in [1.82, 2.24) is 0 Å². The molecule has 0 bridgehead atoms. The molecule has 3 nitrogen and oxygen atoms in total. The van der Waals surface area contributed by atoms with Crippen molar-refractivity contribution in [3.05, 3.63) is 29.3 Å². The molecule has 0 fully saturated rings. The SMILES string of the molecule is CC1(C)COc2ccc(C(=O)O)cc21. The molecule has 0 radical (unpaired) electrons. The Bertz CT molecular complexity index is 394. The minimum absolute atomic E-state index is 0.0825. The molecule has 14 heavy (non-hydrogen) atoms. The summed E-state index contributed by atoms with van der Waals surface area (Å²) in [5.41, 5.74) is 1.22. The Labute approximate surface area is 82.3 Å². The molecule has 0 unspecified atom stereocenters. The quantitative estimate of drug-likeness (QED) is 0.740. The van der Waals surface area contributed by atoms with Crippen LogP contribution in [-0.2, 0) is 5.41 Å². The van der Waals surface area contributed by atoms with Crippen molar-refractivity contribution >= 4 is 5.97 Å². The Morgan fingerprint density at radius 2 is 2.21 bits per heavy atom. The summed E-state index contributed by atoms with van der Waals surface area (Å²) in [4.78, 5) is 10.8. The highest BCUT2D eigenvalue weighted by Gasteiger charge is 2.32. The fourth-order valence-corrected chi connectivity index (χ4v) is 1.65. The molecule has 0 atom stereocenters. The first-order valence-corrected chi connectivity index (χ1v) is 4.51. The molecule has 1 aromatic carbocycles.